The highest BCUT2D eigenvalue weighted by Crippen LogP contribution is 2.34. The number of hydrogen-bond acceptors (Lipinski definition) is 4. The van der Waals surface area contributed by atoms with Crippen molar-refractivity contribution in [3.8, 4) is 0 Å². The maximum atomic E-state index is 12.3. The highest BCUT2D eigenvalue weighted by Gasteiger charge is 2.27. The molecule has 5 nitrogen and oxygen atoms in total. The quantitative estimate of drug-likeness (QED) is 0.618. The fraction of sp³-hybridized carbons (Fsp3) is 0.520. The third kappa shape index (κ3) is 5.75. The van der Waals surface area contributed by atoms with Crippen LogP contribution in [0.25, 0.3) is 0 Å². The van der Waals surface area contributed by atoms with Gasteiger partial charge in [-0.1, -0.05) is 29.3 Å². The number of nitrogens with zero attached hydrogens (tertiary/aromatic N) is 3. The molecule has 1 amide bonds. The predicted octanol–water partition coefficient (Wildman–Crippen LogP) is 5.28. The lowest BCUT2D eigenvalue weighted by Crippen LogP contribution is -2.52. The molecule has 0 unspecified atom stereocenters. The van der Waals surface area contributed by atoms with Crippen LogP contribution in [0.15, 0.2) is 42.7 Å². The molecule has 4 rings (SSSR count). The number of pyridine rings is 1. The molecule has 1 saturated heterocycles. The number of aromatic nitrogens is 1. The minimum Gasteiger partial charge on any atom is -0.365 e. The van der Waals surface area contributed by atoms with Gasteiger partial charge >= 0.3 is 0 Å². The van der Waals surface area contributed by atoms with Crippen LogP contribution >= 0.6 is 23.2 Å². The van der Waals surface area contributed by atoms with E-state index in [0.717, 1.165) is 50.6 Å². The molecule has 0 bridgehead atoms. The molecule has 1 aromatic heterocycles. The number of benzene rings is 1. The maximum Gasteiger partial charge on any atom is 0.253 e. The monoisotopic (exact) mass is 474 g/mol. The third-order valence-electron chi connectivity index (χ3n) is 6.91. The zero-order valence-corrected chi connectivity index (χ0v) is 20.2. The van der Waals surface area contributed by atoms with E-state index in [9.17, 15) is 4.79 Å². The normalized spacial score (nSPS) is 24.3. The van der Waals surface area contributed by atoms with Gasteiger partial charge in [-0.2, -0.15) is 0 Å². The van der Waals surface area contributed by atoms with Gasteiger partial charge in [-0.15, -0.1) is 0 Å². The van der Waals surface area contributed by atoms with Crippen molar-refractivity contribution in [2.45, 2.75) is 51.1 Å². The van der Waals surface area contributed by atoms with Crippen molar-refractivity contribution in [3.63, 3.8) is 0 Å². The highest BCUT2D eigenvalue weighted by molar-refractivity contribution is 6.43. The number of amides is 1. The Morgan fingerprint density at radius 2 is 1.94 bits per heavy atom. The van der Waals surface area contributed by atoms with Gasteiger partial charge in [0.05, 0.1) is 21.3 Å². The van der Waals surface area contributed by atoms with Crippen LogP contribution in [-0.4, -0.2) is 54.1 Å². The van der Waals surface area contributed by atoms with Crippen molar-refractivity contribution in [2.24, 2.45) is 5.92 Å². The van der Waals surface area contributed by atoms with Crippen LogP contribution < -0.4 is 10.2 Å². The summed E-state index contributed by atoms with van der Waals surface area (Å²) in [6.45, 7) is 6.45. The second-order valence-corrected chi connectivity index (χ2v) is 9.92. The van der Waals surface area contributed by atoms with Crippen LogP contribution in [0.4, 0.5) is 5.69 Å². The van der Waals surface area contributed by atoms with E-state index in [1.807, 2.05) is 18.2 Å². The molecule has 1 aliphatic carbocycles. The first-order valence-electron chi connectivity index (χ1n) is 11.6. The van der Waals surface area contributed by atoms with Crippen molar-refractivity contribution < 1.29 is 4.79 Å². The standard InChI is InChI=1S/C25H32Cl2N4O/c1-18-17-30(14-15-31(18)23-6-2-5-22(26)24(23)27)13-11-19-7-9-21(10-8-19)29-25(32)20-4-3-12-28-16-20/h2-6,12,16,18-19,21H,7-11,13-15,17H2,1H3,(H,29,32)/t18-,19-,21-/m1/s1. The van der Waals surface area contributed by atoms with Gasteiger partial charge in [-0.25, -0.2) is 0 Å². The molecule has 172 valence electrons. The molecule has 7 heteroatoms. The first-order valence-corrected chi connectivity index (χ1v) is 12.4. The molecule has 2 heterocycles. The van der Waals surface area contributed by atoms with E-state index < -0.39 is 0 Å². The number of anilines is 1. The summed E-state index contributed by atoms with van der Waals surface area (Å²) < 4.78 is 0. The predicted molar refractivity (Wildman–Crippen MR) is 132 cm³/mol. The Hall–Kier alpha value is -1.82. The zero-order chi connectivity index (χ0) is 22.5. The Morgan fingerprint density at radius 1 is 1.12 bits per heavy atom. The van der Waals surface area contributed by atoms with Gasteiger partial charge in [0.2, 0.25) is 0 Å². The molecular formula is C25H32Cl2N4O. The Balaban J connectivity index is 1.19. The van der Waals surface area contributed by atoms with E-state index >= 15 is 0 Å². The Kier molecular flexibility index (Phi) is 7.93. The lowest BCUT2D eigenvalue weighted by Gasteiger charge is -2.42. The van der Waals surface area contributed by atoms with Gasteiger partial charge < -0.3 is 10.2 Å². The molecule has 2 aliphatic rings. The van der Waals surface area contributed by atoms with E-state index in [4.69, 9.17) is 23.2 Å². The summed E-state index contributed by atoms with van der Waals surface area (Å²) in [4.78, 5) is 21.3. The topological polar surface area (TPSA) is 48.5 Å². The van der Waals surface area contributed by atoms with Crippen molar-refractivity contribution in [2.75, 3.05) is 31.1 Å². The van der Waals surface area contributed by atoms with Crippen LogP contribution in [0.2, 0.25) is 10.0 Å². The summed E-state index contributed by atoms with van der Waals surface area (Å²) in [5.74, 6) is 0.741. The summed E-state index contributed by atoms with van der Waals surface area (Å²) in [5, 5.41) is 4.45. The van der Waals surface area contributed by atoms with Crippen LogP contribution in [0.1, 0.15) is 49.4 Å². The minimum atomic E-state index is -0.00628. The van der Waals surface area contributed by atoms with E-state index in [2.05, 4.69) is 33.1 Å². The maximum absolute atomic E-state index is 12.3. The van der Waals surface area contributed by atoms with E-state index in [0.29, 0.717) is 21.7 Å². The van der Waals surface area contributed by atoms with Crippen molar-refractivity contribution >= 4 is 34.8 Å². The van der Waals surface area contributed by atoms with Gasteiger partial charge in [0.1, 0.15) is 0 Å². The molecule has 32 heavy (non-hydrogen) atoms. The first-order chi connectivity index (χ1) is 15.5. The molecule has 0 radical (unpaired) electrons. The average Bonchev–Trinajstić information content (AvgIpc) is 2.81. The molecule has 2 fully saturated rings. The van der Waals surface area contributed by atoms with Crippen molar-refractivity contribution in [1.82, 2.24) is 15.2 Å². The number of rotatable bonds is 6. The van der Waals surface area contributed by atoms with Crippen LogP contribution in [0.3, 0.4) is 0 Å². The van der Waals surface area contributed by atoms with Crippen molar-refractivity contribution in [1.29, 1.82) is 0 Å². The lowest BCUT2D eigenvalue weighted by atomic mass is 9.84. The van der Waals surface area contributed by atoms with Crippen LogP contribution in [0, 0.1) is 5.92 Å². The number of carbonyl (C=O) groups is 1. The zero-order valence-electron chi connectivity index (χ0n) is 18.6. The largest absolute Gasteiger partial charge is 0.365 e. The van der Waals surface area contributed by atoms with Crippen LogP contribution in [0.5, 0.6) is 0 Å². The van der Waals surface area contributed by atoms with E-state index in [1.165, 1.54) is 19.3 Å². The highest BCUT2D eigenvalue weighted by atomic mass is 35.5. The lowest BCUT2D eigenvalue weighted by molar-refractivity contribution is 0.0919. The van der Waals surface area contributed by atoms with Gasteiger partial charge in [0, 0.05) is 44.1 Å². The number of carbonyl (C=O) groups excluding carboxylic acids is 1. The minimum absolute atomic E-state index is 0.00628. The summed E-state index contributed by atoms with van der Waals surface area (Å²) in [6, 6.07) is 10.2. The summed E-state index contributed by atoms with van der Waals surface area (Å²) >= 11 is 12.7. The van der Waals surface area contributed by atoms with Gasteiger partial charge in [-0.05, 0) is 75.8 Å². The van der Waals surface area contributed by atoms with Crippen LogP contribution in [-0.2, 0) is 0 Å². The second kappa shape index (κ2) is 10.9. The number of hydrogen-bond donors (Lipinski definition) is 1. The average molecular weight is 475 g/mol. The van der Waals surface area contributed by atoms with Gasteiger partial charge in [-0.3, -0.25) is 14.7 Å². The number of halogens is 2. The molecular weight excluding hydrogens is 443 g/mol. The second-order valence-electron chi connectivity index (χ2n) is 9.14. The van der Waals surface area contributed by atoms with Gasteiger partial charge in [0.25, 0.3) is 5.91 Å². The molecule has 0 spiro atoms. The van der Waals surface area contributed by atoms with Crippen molar-refractivity contribution in [3.05, 3.63) is 58.3 Å². The smallest absolute Gasteiger partial charge is 0.253 e. The Labute approximate surface area is 201 Å². The van der Waals surface area contributed by atoms with E-state index in [1.54, 1.807) is 18.5 Å². The fourth-order valence-corrected chi connectivity index (χ4v) is 5.44. The first kappa shape index (κ1) is 23.3. The summed E-state index contributed by atoms with van der Waals surface area (Å²) in [6.07, 6.45) is 9.05. The Morgan fingerprint density at radius 3 is 2.66 bits per heavy atom. The van der Waals surface area contributed by atoms with E-state index in [-0.39, 0.29) is 11.9 Å². The molecule has 1 N–H and O–H groups in total. The molecule has 1 aliphatic heterocycles. The summed E-state index contributed by atoms with van der Waals surface area (Å²) in [5.41, 5.74) is 1.68. The SMILES string of the molecule is C[C@@H]1CN(CC[C@H]2CC[C@H](NC(=O)c3cccnc3)CC2)CCN1c1cccc(Cl)c1Cl. The molecule has 1 saturated carbocycles. The summed E-state index contributed by atoms with van der Waals surface area (Å²) in [7, 11) is 0. The fourth-order valence-electron chi connectivity index (χ4n) is 5.03. The molecule has 1 atom stereocenters. The van der Waals surface area contributed by atoms with Gasteiger partial charge in [0.15, 0.2) is 0 Å². The Bertz CT molecular complexity index is 902. The third-order valence-corrected chi connectivity index (χ3v) is 7.72. The molecule has 1 aromatic carbocycles. The number of piperazine rings is 1. The molecule has 2 aromatic rings. The number of nitrogens with one attached hydrogen (secondary N) is 1.